The second kappa shape index (κ2) is 6.37. The Labute approximate surface area is 125 Å². The van der Waals surface area contributed by atoms with E-state index in [4.69, 9.17) is 5.84 Å². The third kappa shape index (κ3) is 3.49. The van der Waals surface area contributed by atoms with Crippen molar-refractivity contribution in [1.29, 1.82) is 0 Å². The van der Waals surface area contributed by atoms with Gasteiger partial charge < -0.3 is 0 Å². The smallest absolute Gasteiger partial charge is 0.123 e. The molecule has 0 radical (unpaired) electrons. The molecule has 1 atom stereocenters. The van der Waals surface area contributed by atoms with Gasteiger partial charge in [0, 0.05) is 6.04 Å². The summed E-state index contributed by atoms with van der Waals surface area (Å²) >= 11 is 0. The lowest BCUT2D eigenvalue weighted by molar-refractivity contribution is 0.521. The molecule has 0 amide bonds. The van der Waals surface area contributed by atoms with Crippen molar-refractivity contribution in [2.45, 2.75) is 38.1 Å². The van der Waals surface area contributed by atoms with Crippen LogP contribution >= 0.6 is 0 Å². The fraction of sp³-hybridized carbons (Fsp3) is 0.333. The third-order valence-corrected chi connectivity index (χ3v) is 4.28. The molecule has 2 aromatic carbocycles. The van der Waals surface area contributed by atoms with E-state index in [1.54, 1.807) is 0 Å². The van der Waals surface area contributed by atoms with Gasteiger partial charge in [-0.2, -0.15) is 0 Å². The minimum absolute atomic E-state index is 0.162. The minimum atomic E-state index is -0.199. The van der Waals surface area contributed by atoms with Gasteiger partial charge >= 0.3 is 0 Å². The highest BCUT2D eigenvalue weighted by molar-refractivity contribution is 5.35. The van der Waals surface area contributed by atoms with Gasteiger partial charge in [0.05, 0.1) is 0 Å². The predicted octanol–water partition coefficient (Wildman–Crippen LogP) is 2.93. The molecule has 2 aromatic rings. The lowest BCUT2D eigenvalue weighted by atomic mass is 9.97. The Bertz CT molecular complexity index is 607. The lowest BCUT2D eigenvalue weighted by Crippen LogP contribution is -2.38. The molecule has 21 heavy (non-hydrogen) atoms. The normalized spacial score (nSPS) is 15.0. The summed E-state index contributed by atoms with van der Waals surface area (Å²) in [6.07, 6.45) is 5.37. The van der Waals surface area contributed by atoms with Crippen molar-refractivity contribution in [3.05, 3.63) is 70.5 Å². The van der Waals surface area contributed by atoms with Gasteiger partial charge in [-0.1, -0.05) is 30.3 Å². The summed E-state index contributed by atoms with van der Waals surface area (Å²) in [5, 5.41) is 0. The molecule has 3 N–H and O–H groups in total. The van der Waals surface area contributed by atoms with E-state index in [2.05, 4.69) is 23.6 Å². The largest absolute Gasteiger partial charge is 0.271 e. The van der Waals surface area contributed by atoms with Crippen molar-refractivity contribution < 1.29 is 4.39 Å². The maximum Gasteiger partial charge on any atom is 0.123 e. The van der Waals surface area contributed by atoms with Crippen molar-refractivity contribution >= 4 is 0 Å². The number of halogens is 1. The molecule has 0 aliphatic heterocycles. The molecular formula is C18H21FN2. The van der Waals surface area contributed by atoms with Gasteiger partial charge in [-0.3, -0.25) is 11.3 Å². The number of hydrogen-bond acceptors (Lipinski definition) is 2. The fourth-order valence-electron chi connectivity index (χ4n) is 3.13. The van der Waals surface area contributed by atoms with Gasteiger partial charge in [-0.05, 0) is 66.5 Å². The molecule has 2 nitrogen and oxygen atoms in total. The Morgan fingerprint density at radius 2 is 1.62 bits per heavy atom. The molecule has 3 rings (SSSR count). The summed E-state index contributed by atoms with van der Waals surface area (Å²) in [6, 6.07) is 13.6. The highest BCUT2D eigenvalue weighted by Crippen LogP contribution is 2.23. The molecular weight excluding hydrogens is 263 g/mol. The van der Waals surface area contributed by atoms with E-state index in [0.717, 1.165) is 18.4 Å². The molecule has 1 aliphatic carbocycles. The number of aryl methyl sites for hydroxylation is 2. The molecule has 1 aliphatic rings. The van der Waals surface area contributed by atoms with Gasteiger partial charge in [0.15, 0.2) is 0 Å². The molecule has 1 unspecified atom stereocenters. The van der Waals surface area contributed by atoms with E-state index in [0.29, 0.717) is 0 Å². The van der Waals surface area contributed by atoms with Gasteiger partial charge in [0.25, 0.3) is 0 Å². The van der Waals surface area contributed by atoms with Gasteiger partial charge in [0.1, 0.15) is 5.82 Å². The van der Waals surface area contributed by atoms with Crippen LogP contribution in [-0.4, -0.2) is 6.04 Å². The first-order valence-electron chi connectivity index (χ1n) is 7.56. The standard InChI is InChI=1S/C18H21FN2/c19-17-8-5-13(6-9-17)11-18(21-20)12-14-4-7-15-2-1-3-16(15)10-14/h4-10,18,21H,1-3,11-12,20H2. The number of hydrazine groups is 1. The van der Waals surface area contributed by atoms with Crippen molar-refractivity contribution in [3.63, 3.8) is 0 Å². The topological polar surface area (TPSA) is 38.0 Å². The average molecular weight is 284 g/mol. The zero-order valence-corrected chi connectivity index (χ0v) is 12.1. The first-order chi connectivity index (χ1) is 10.2. The quantitative estimate of drug-likeness (QED) is 0.654. The van der Waals surface area contributed by atoms with Crippen LogP contribution in [0.15, 0.2) is 42.5 Å². The summed E-state index contributed by atoms with van der Waals surface area (Å²) < 4.78 is 12.9. The SMILES string of the molecule is NNC(Cc1ccc(F)cc1)Cc1ccc2c(c1)CCC2. The van der Waals surface area contributed by atoms with Crippen molar-refractivity contribution in [2.75, 3.05) is 0 Å². The van der Waals surface area contributed by atoms with E-state index >= 15 is 0 Å². The van der Waals surface area contributed by atoms with Crippen LogP contribution in [0.4, 0.5) is 4.39 Å². The Balaban J connectivity index is 1.68. The summed E-state index contributed by atoms with van der Waals surface area (Å²) in [5.41, 5.74) is 8.29. The molecule has 0 spiro atoms. The summed E-state index contributed by atoms with van der Waals surface area (Å²) in [4.78, 5) is 0. The van der Waals surface area contributed by atoms with Crippen molar-refractivity contribution in [2.24, 2.45) is 5.84 Å². The molecule has 0 fully saturated rings. The maximum atomic E-state index is 12.9. The van der Waals surface area contributed by atoms with Crippen LogP contribution in [0.25, 0.3) is 0 Å². The molecule has 0 bridgehead atoms. The Hall–Kier alpha value is -1.71. The van der Waals surface area contributed by atoms with Gasteiger partial charge in [0.2, 0.25) is 0 Å². The molecule has 110 valence electrons. The van der Waals surface area contributed by atoms with Crippen molar-refractivity contribution in [1.82, 2.24) is 5.43 Å². The van der Waals surface area contributed by atoms with Crippen LogP contribution in [0.1, 0.15) is 28.7 Å². The lowest BCUT2D eigenvalue weighted by Gasteiger charge is -2.17. The number of nitrogens with one attached hydrogen (secondary N) is 1. The van der Waals surface area contributed by atoms with Gasteiger partial charge in [-0.25, -0.2) is 4.39 Å². The van der Waals surface area contributed by atoms with Crippen LogP contribution in [0.2, 0.25) is 0 Å². The molecule has 0 heterocycles. The monoisotopic (exact) mass is 284 g/mol. The van der Waals surface area contributed by atoms with E-state index in [9.17, 15) is 4.39 Å². The van der Waals surface area contributed by atoms with Crippen LogP contribution in [-0.2, 0) is 25.7 Å². The van der Waals surface area contributed by atoms with Crippen LogP contribution in [0.3, 0.4) is 0 Å². The predicted molar refractivity (Wildman–Crippen MR) is 83.4 cm³/mol. The van der Waals surface area contributed by atoms with E-state index in [-0.39, 0.29) is 11.9 Å². The summed E-state index contributed by atoms with van der Waals surface area (Å²) in [6.45, 7) is 0. The van der Waals surface area contributed by atoms with E-state index in [1.807, 2.05) is 12.1 Å². The second-order valence-corrected chi connectivity index (χ2v) is 5.85. The average Bonchev–Trinajstić information content (AvgIpc) is 2.96. The second-order valence-electron chi connectivity index (χ2n) is 5.85. The Kier molecular flexibility index (Phi) is 4.32. The highest BCUT2D eigenvalue weighted by Gasteiger charge is 2.13. The maximum absolute atomic E-state index is 12.9. The van der Waals surface area contributed by atoms with Crippen molar-refractivity contribution in [3.8, 4) is 0 Å². The Morgan fingerprint density at radius 1 is 0.952 bits per heavy atom. The minimum Gasteiger partial charge on any atom is -0.271 e. The number of fused-ring (bicyclic) bond motifs is 1. The number of nitrogens with two attached hydrogens (primary N) is 1. The number of rotatable bonds is 5. The highest BCUT2D eigenvalue weighted by atomic mass is 19.1. The molecule has 0 saturated carbocycles. The summed E-state index contributed by atoms with van der Waals surface area (Å²) in [7, 11) is 0. The first kappa shape index (κ1) is 14.2. The van der Waals surface area contributed by atoms with Crippen LogP contribution < -0.4 is 11.3 Å². The molecule has 3 heteroatoms. The fourth-order valence-corrected chi connectivity index (χ4v) is 3.13. The van der Waals surface area contributed by atoms with E-state index in [1.165, 1.54) is 48.1 Å². The van der Waals surface area contributed by atoms with Crippen LogP contribution in [0.5, 0.6) is 0 Å². The van der Waals surface area contributed by atoms with Crippen LogP contribution in [0, 0.1) is 5.82 Å². The zero-order chi connectivity index (χ0) is 14.7. The molecule has 0 saturated heterocycles. The third-order valence-electron chi connectivity index (χ3n) is 4.28. The number of benzene rings is 2. The zero-order valence-electron chi connectivity index (χ0n) is 12.1. The Morgan fingerprint density at radius 3 is 2.38 bits per heavy atom. The van der Waals surface area contributed by atoms with E-state index < -0.39 is 0 Å². The number of hydrogen-bond donors (Lipinski definition) is 2. The summed E-state index contributed by atoms with van der Waals surface area (Å²) in [5.74, 6) is 5.49. The first-order valence-corrected chi connectivity index (χ1v) is 7.56. The molecule has 0 aromatic heterocycles. The van der Waals surface area contributed by atoms with Gasteiger partial charge in [-0.15, -0.1) is 0 Å².